The van der Waals surface area contributed by atoms with Crippen LogP contribution in [0.4, 0.5) is 18.9 Å². The quantitative estimate of drug-likeness (QED) is 0.294. The van der Waals surface area contributed by atoms with E-state index >= 15 is 0 Å². The number of anilines is 1. The molecule has 35 heavy (non-hydrogen) atoms. The number of benzene rings is 3. The Morgan fingerprint density at radius 2 is 1.60 bits per heavy atom. The molecule has 7 nitrogen and oxygen atoms in total. The zero-order valence-corrected chi connectivity index (χ0v) is 18.6. The summed E-state index contributed by atoms with van der Waals surface area (Å²) in [7, 11) is -4.19. The Morgan fingerprint density at radius 1 is 0.886 bits per heavy atom. The van der Waals surface area contributed by atoms with E-state index in [1.807, 2.05) is 0 Å². The maximum absolute atomic E-state index is 12.8. The van der Waals surface area contributed by atoms with Gasteiger partial charge < -0.3 is 0 Å². The minimum atomic E-state index is -4.58. The van der Waals surface area contributed by atoms with Gasteiger partial charge in [0.2, 0.25) is 0 Å². The molecular formula is C24H17F3N4O3S. The number of nitrogens with one attached hydrogen (secondary N) is 2. The minimum absolute atomic E-state index is 0.131. The SMILES string of the molecule is O=C(N/N=C/c1ccc2cccc(NS(=O)(=O)c3ccc(C(F)(F)F)cc3)c2n1)c1ccccc1. The number of amides is 1. The number of halogens is 3. The first-order valence-corrected chi connectivity index (χ1v) is 11.6. The van der Waals surface area contributed by atoms with Crippen LogP contribution in [0.25, 0.3) is 10.9 Å². The summed E-state index contributed by atoms with van der Waals surface area (Å²) in [5.74, 6) is -0.410. The van der Waals surface area contributed by atoms with Crippen LogP contribution in [0.1, 0.15) is 21.6 Å². The minimum Gasteiger partial charge on any atom is -0.277 e. The molecule has 0 aliphatic rings. The van der Waals surface area contributed by atoms with Crippen molar-refractivity contribution in [3.63, 3.8) is 0 Å². The molecule has 4 aromatic rings. The third-order valence-corrected chi connectivity index (χ3v) is 6.26. The predicted molar refractivity (Wildman–Crippen MR) is 125 cm³/mol. The van der Waals surface area contributed by atoms with E-state index in [4.69, 9.17) is 0 Å². The molecule has 0 aliphatic heterocycles. The van der Waals surface area contributed by atoms with Crippen molar-refractivity contribution in [3.8, 4) is 0 Å². The first kappa shape index (κ1) is 23.9. The first-order chi connectivity index (χ1) is 16.6. The van der Waals surface area contributed by atoms with E-state index in [0.717, 1.165) is 12.1 Å². The van der Waals surface area contributed by atoms with Crippen LogP contribution >= 0.6 is 0 Å². The van der Waals surface area contributed by atoms with E-state index in [1.54, 1.807) is 54.6 Å². The number of alkyl halides is 3. The second kappa shape index (κ2) is 9.55. The molecule has 0 spiro atoms. The van der Waals surface area contributed by atoms with Crippen molar-refractivity contribution < 1.29 is 26.4 Å². The smallest absolute Gasteiger partial charge is 0.277 e. The molecule has 0 atom stereocenters. The van der Waals surface area contributed by atoms with E-state index in [-0.39, 0.29) is 10.6 Å². The van der Waals surface area contributed by atoms with Gasteiger partial charge in [0, 0.05) is 10.9 Å². The van der Waals surface area contributed by atoms with Gasteiger partial charge in [-0.05, 0) is 48.5 Å². The number of sulfonamides is 1. The average molecular weight is 498 g/mol. The second-order valence-electron chi connectivity index (χ2n) is 7.31. The molecule has 0 unspecified atom stereocenters. The zero-order valence-electron chi connectivity index (χ0n) is 17.8. The van der Waals surface area contributed by atoms with Gasteiger partial charge in [-0.3, -0.25) is 9.52 Å². The van der Waals surface area contributed by atoms with Crippen LogP contribution in [-0.2, 0) is 16.2 Å². The van der Waals surface area contributed by atoms with Gasteiger partial charge >= 0.3 is 6.18 Å². The normalized spacial score (nSPS) is 12.1. The van der Waals surface area contributed by atoms with E-state index in [1.165, 1.54) is 12.3 Å². The molecule has 0 fully saturated rings. The van der Waals surface area contributed by atoms with Crippen molar-refractivity contribution in [2.75, 3.05) is 4.72 Å². The zero-order chi connectivity index (χ0) is 25.1. The van der Waals surface area contributed by atoms with Gasteiger partial charge in [-0.15, -0.1) is 0 Å². The number of pyridine rings is 1. The predicted octanol–water partition coefficient (Wildman–Crippen LogP) is 4.82. The highest BCUT2D eigenvalue weighted by atomic mass is 32.2. The molecule has 0 aliphatic carbocycles. The molecule has 1 heterocycles. The van der Waals surface area contributed by atoms with Gasteiger partial charge in [0.15, 0.2) is 0 Å². The monoisotopic (exact) mass is 498 g/mol. The van der Waals surface area contributed by atoms with Gasteiger partial charge in [-0.2, -0.15) is 18.3 Å². The maximum Gasteiger partial charge on any atom is 0.416 e. The number of hydrazone groups is 1. The second-order valence-corrected chi connectivity index (χ2v) is 8.99. The molecule has 2 N–H and O–H groups in total. The molecular weight excluding hydrogens is 481 g/mol. The Morgan fingerprint density at radius 3 is 2.29 bits per heavy atom. The van der Waals surface area contributed by atoms with Gasteiger partial charge in [0.1, 0.15) is 0 Å². The summed E-state index contributed by atoms with van der Waals surface area (Å²) >= 11 is 0. The average Bonchev–Trinajstić information content (AvgIpc) is 2.84. The summed E-state index contributed by atoms with van der Waals surface area (Å²) in [6.45, 7) is 0. The number of rotatable bonds is 6. The van der Waals surface area contributed by atoms with Crippen molar-refractivity contribution in [2.45, 2.75) is 11.1 Å². The van der Waals surface area contributed by atoms with Crippen molar-refractivity contribution in [1.82, 2.24) is 10.4 Å². The third-order valence-electron chi connectivity index (χ3n) is 4.88. The van der Waals surface area contributed by atoms with Crippen LogP contribution in [0.3, 0.4) is 0 Å². The number of hydrogen-bond acceptors (Lipinski definition) is 5. The molecule has 0 bridgehead atoms. The lowest BCUT2D eigenvalue weighted by molar-refractivity contribution is -0.137. The molecule has 0 saturated carbocycles. The molecule has 4 rings (SSSR count). The number of aromatic nitrogens is 1. The van der Waals surface area contributed by atoms with Crippen molar-refractivity contribution in [2.24, 2.45) is 5.10 Å². The molecule has 0 saturated heterocycles. The maximum atomic E-state index is 12.8. The Kier molecular flexibility index (Phi) is 6.52. The lowest BCUT2D eigenvalue weighted by atomic mass is 10.2. The highest BCUT2D eigenvalue weighted by Gasteiger charge is 2.30. The van der Waals surface area contributed by atoms with Crippen LogP contribution in [0, 0.1) is 0 Å². The Balaban J connectivity index is 1.56. The molecule has 178 valence electrons. The van der Waals surface area contributed by atoms with Crippen LogP contribution in [0.2, 0.25) is 0 Å². The topological polar surface area (TPSA) is 101 Å². The first-order valence-electron chi connectivity index (χ1n) is 10.1. The molecule has 11 heteroatoms. The largest absolute Gasteiger partial charge is 0.416 e. The summed E-state index contributed by atoms with van der Waals surface area (Å²) in [5.41, 5.74) is 2.62. The molecule has 1 amide bonds. The fourth-order valence-corrected chi connectivity index (χ4v) is 4.22. The van der Waals surface area contributed by atoms with Crippen molar-refractivity contribution in [1.29, 1.82) is 0 Å². The summed E-state index contributed by atoms with van der Waals surface area (Å²) in [6.07, 6.45) is -3.27. The highest BCUT2D eigenvalue weighted by molar-refractivity contribution is 7.92. The van der Waals surface area contributed by atoms with E-state index in [2.05, 4.69) is 20.2 Å². The van der Waals surface area contributed by atoms with Crippen molar-refractivity contribution >= 4 is 38.7 Å². The standard InChI is InChI=1S/C24H17F3N4O3S/c25-24(26,27)18-10-13-20(14-11-18)35(33,34)31-21-8-4-7-16-9-12-19(29-22(16)21)15-28-30-23(32)17-5-2-1-3-6-17/h1-15,31H,(H,30,32)/b28-15+. The number of carbonyl (C=O) groups is 1. The number of nitrogens with zero attached hydrogens (tertiary/aromatic N) is 2. The van der Waals surface area contributed by atoms with Crippen LogP contribution < -0.4 is 10.1 Å². The van der Waals surface area contributed by atoms with Crippen LogP contribution in [0.15, 0.2) is 94.9 Å². The van der Waals surface area contributed by atoms with Gasteiger partial charge in [0.25, 0.3) is 15.9 Å². The van der Waals surface area contributed by atoms with Crippen LogP contribution in [-0.4, -0.2) is 25.5 Å². The van der Waals surface area contributed by atoms with Gasteiger partial charge in [0.05, 0.1) is 33.6 Å². The third kappa shape index (κ3) is 5.64. The Labute approximate surface area is 198 Å². The lowest BCUT2D eigenvalue weighted by Crippen LogP contribution is -2.17. The summed E-state index contributed by atoms with van der Waals surface area (Å²) < 4.78 is 66.3. The van der Waals surface area contributed by atoms with E-state index in [0.29, 0.717) is 34.3 Å². The number of carbonyl (C=O) groups excluding carboxylic acids is 1. The fourth-order valence-electron chi connectivity index (χ4n) is 3.15. The molecule has 3 aromatic carbocycles. The van der Waals surface area contributed by atoms with E-state index < -0.39 is 27.7 Å². The Hall–Kier alpha value is -4.25. The molecule has 0 radical (unpaired) electrons. The van der Waals surface area contributed by atoms with Gasteiger partial charge in [-0.25, -0.2) is 18.8 Å². The lowest BCUT2D eigenvalue weighted by Gasteiger charge is -2.12. The summed E-state index contributed by atoms with van der Waals surface area (Å²) in [5, 5.41) is 4.50. The summed E-state index contributed by atoms with van der Waals surface area (Å²) in [6, 6.07) is 19.8. The highest BCUT2D eigenvalue weighted by Crippen LogP contribution is 2.30. The number of hydrogen-bond donors (Lipinski definition) is 2. The van der Waals surface area contributed by atoms with Crippen molar-refractivity contribution in [3.05, 3.63) is 102 Å². The van der Waals surface area contributed by atoms with E-state index in [9.17, 15) is 26.4 Å². The molecule has 1 aromatic heterocycles. The van der Waals surface area contributed by atoms with Crippen LogP contribution in [0.5, 0.6) is 0 Å². The number of fused-ring (bicyclic) bond motifs is 1. The Bertz CT molecular complexity index is 1510. The fraction of sp³-hybridized carbons (Fsp3) is 0.0417. The van der Waals surface area contributed by atoms with Gasteiger partial charge in [-0.1, -0.05) is 36.4 Å². The number of para-hydroxylation sites is 1. The summed E-state index contributed by atoms with van der Waals surface area (Å²) in [4.78, 5) is 16.1.